The van der Waals surface area contributed by atoms with E-state index in [9.17, 15) is 9.18 Å². The molecule has 1 fully saturated rings. The third kappa shape index (κ3) is 3.48. The highest BCUT2D eigenvalue weighted by atomic mass is 19.1. The SMILES string of the molecule is Cc1nn(-c2ccc(F)cc2)c(C)c1CC(=O)N1CCCNCC1. The Labute approximate surface area is 141 Å². The van der Waals surface area contributed by atoms with E-state index in [1.54, 1.807) is 16.8 Å². The van der Waals surface area contributed by atoms with Gasteiger partial charge in [-0.2, -0.15) is 5.10 Å². The zero-order valence-corrected chi connectivity index (χ0v) is 14.2. The molecular formula is C18H23FN4O. The van der Waals surface area contributed by atoms with Gasteiger partial charge in [0.25, 0.3) is 0 Å². The lowest BCUT2D eigenvalue weighted by Crippen LogP contribution is -2.35. The highest BCUT2D eigenvalue weighted by molar-refractivity contribution is 5.79. The van der Waals surface area contributed by atoms with Gasteiger partial charge in [0.2, 0.25) is 5.91 Å². The van der Waals surface area contributed by atoms with Gasteiger partial charge in [0, 0.05) is 30.9 Å². The Bertz CT molecular complexity index is 715. The maximum Gasteiger partial charge on any atom is 0.227 e. The number of aryl methyl sites for hydroxylation is 1. The summed E-state index contributed by atoms with van der Waals surface area (Å²) in [6.45, 7) is 7.23. The Kier molecular flexibility index (Phi) is 4.94. The Balaban J connectivity index is 1.81. The Morgan fingerprint density at radius 3 is 2.71 bits per heavy atom. The van der Waals surface area contributed by atoms with Crippen molar-refractivity contribution in [1.29, 1.82) is 0 Å². The van der Waals surface area contributed by atoms with Crippen LogP contribution in [0.15, 0.2) is 24.3 Å². The van der Waals surface area contributed by atoms with Gasteiger partial charge < -0.3 is 10.2 Å². The molecule has 0 aliphatic carbocycles. The summed E-state index contributed by atoms with van der Waals surface area (Å²) < 4.78 is 14.9. The normalized spacial score (nSPS) is 15.4. The molecule has 1 aliphatic heterocycles. The zero-order chi connectivity index (χ0) is 17.1. The average molecular weight is 330 g/mol. The fourth-order valence-corrected chi connectivity index (χ4v) is 3.12. The monoisotopic (exact) mass is 330 g/mol. The maximum atomic E-state index is 13.1. The Hall–Kier alpha value is -2.21. The number of carbonyl (C=O) groups excluding carboxylic acids is 1. The minimum absolute atomic E-state index is 0.142. The molecule has 1 amide bonds. The van der Waals surface area contributed by atoms with Crippen molar-refractivity contribution in [3.63, 3.8) is 0 Å². The molecule has 0 atom stereocenters. The van der Waals surface area contributed by atoms with Crippen molar-refractivity contribution in [2.45, 2.75) is 26.7 Å². The number of hydrogen-bond donors (Lipinski definition) is 1. The lowest BCUT2D eigenvalue weighted by atomic mass is 10.1. The van der Waals surface area contributed by atoms with Crippen molar-refractivity contribution in [1.82, 2.24) is 20.0 Å². The van der Waals surface area contributed by atoms with Crippen LogP contribution in [0.25, 0.3) is 5.69 Å². The van der Waals surface area contributed by atoms with E-state index in [0.29, 0.717) is 6.42 Å². The highest BCUT2D eigenvalue weighted by Crippen LogP contribution is 2.19. The van der Waals surface area contributed by atoms with Crippen LogP contribution in [0.1, 0.15) is 23.4 Å². The van der Waals surface area contributed by atoms with Gasteiger partial charge in [-0.3, -0.25) is 4.79 Å². The molecule has 1 aliphatic rings. The van der Waals surface area contributed by atoms with Crippen molar-refractivity contribution in [3.05, 3.63) is 47.0 Å². The summed E-state index contributed by atoms with van der Waals surface area (Å²) in [5, 5.41) is 7.85. The maximum absolute atomic E-state index is 13.1. The summed E-state index contributed by atoms with van der Waals surface area (Å²) in [5.74, 6) is -0.131. The first-order valence-electron chi connectivity index (χ1n) is 8.36. The molecule has 5 nitrogen and oxygen atoms in total. The van der Waals surface area contributed by atoms with E-state index >= 15 is 0 Å². The largest absolute Gasteiger partial charge is 0.341 e. The zero-order valence-electron chi connectivity index (χ0n) is 14.2. The van der Waals surface area contributed by atoms with Crippen molar-refractivity contribution < 1.29 is 9.18 Å². The molecule has 1 aromatic heterocycles. The number of rotatable bonds is 3. The molecule has 0 radical (unpaired) electrons. The molecule has 1 N–H and O–H groups in total. The smallest absolute Gasteiger partial charge is 0.227 e. The molecule has 6 heteroatoms. The first-order chi connectivity index (χ1) is 11.6. The fraction of sp³-hybridized carbons (Fsp3) is 0.444. The van der Waals surface area contributed by atoms with Crippen LogP contribution in [0.3, 0.4) is 0 Å². The van der Waals surface area contributed by atoms with Gasteiger partial charge in [-0.25, -0.2) is 9.07 Å². The molecule has 0 saturated carbocycles. The highest BCUT2D eigenvalue weighted by Gasteiger charge is 2.20. The van der Waals surface area contributed by atoms with E-state index in [4.69, 9.17) is 0 Å². The number of hydrogen-bond acceptors (Lipinski definition) is 3. The molecule has 1 saturated heterocycles. The van der Waals surface area contributed by atoms with E-state index in [1.165, 1.54) is 12.1 Å². The Morgan fingerprint density at radius 2 is 1.96 bits per heavy atom. The lowest BCUT2D eigenvalue weighted by molar-refractivity contribution is -0.130. The number of nitrogens with one attached hydrogen (secondary N) is 1. The molecule has 0 unspecified atom stereocenters. The molecular weight excluding hydrogens is 307 g/mol. The van der Waals surface area contributed by atoms with Crippen LogP contribution in [-0.4, -0.2) is 46.8 Å². The van der Waals surface area contributed by atoms with Gasteiger partial charge in [0.15, 0.2) is 0 Å². The second kappa shape index (κ2) is 7.13. The summed E-state index contributed by atoms with van der Waals surface area (Å²) in [5.41, 5.74) is 3.54. The molecule has 0 bridgehead atoms. The van der Waals surface area contributed by atoms with Crippen LogP contribution in [0, 0.1) is 19.7 Å². The van der Waals surface area contributed by atoms with Crippen LogP contribution >= 0.6 is 0 Å². The summed E-state index contributed by atoms with van der Waals surface area (Å²) in [4.78, 5) is 14.6. The number of nitrogens with zero attached hydrogens (tertiary/aromatic N) is 3. The van der Waals surface area contributed by atoms with Gasteiger partial charge in [0.05, 0.1) is 17.8 Å². The first kappa shape index (κ1) is 16.6. The molecule has 0 spiro atoms. The molecule has 3 rings (SSSR count). The summed E-state index contributed by atoms with van der Waals surface area (Å²) >= 11 is 0. The molecule has 128 valence electrons. The standard InChI is InChI=1S/C18H23FN4O/c1-13-17(12-18(24)22-10-3-8-20-9-11-22)14(2)23(21-13)16-6-4-15(19)5-7-16/h4-7,20H,3,8-12H2,1-2H3. The summed E-state index contributed by atoms with van der Waals surface area (Å²) in [7, 11) is 0. The summed E-state index contributed by atoms with van der Waals surface area (Å²) in [6.07, 6.45) is 1.34. The Morgan fingerprint density at radius 1 is 1.21 bits per heavy atom. The first-order valence-corrected chi connectivity index (χ1v) is 8.36. The minimum atomic E-state index is -0.273. The van der Waals surface area contributed by atoms with Gasteiger partial charge >= 0.3 is 0 Å². The third-order valence-electron chi connectivity index (χ3n) is 4.53. The topological polar surface area (TPSA) is 50.2 Å². The predicted octanol–water partition coefficient (Wildman–Crippen LogP) is 1.99. The molecule has 1 aromatic carbocycles. The lowest BCUT2D eigenvalue weighted by Gasteiger charge is -2.20. The van der Waals surface area contributed by atoms with Crippen LogP contribution in [0.4, 0.5) is 4.39 Å². The number of benzene rings is 1. The van der Waals surface area contributed by atoms with Crippen LogP contribution in [-0.2, 0) is 11.2 Å². The number of carbonyl (C=O) groups is 1. The van der Waals surface area contributed by atoms with Crippen LogP contribution < -0.4 is 5.32 Å². The second-order valence-corrected chi connectivity index (χ2v) is 6.20. The third-order valence-corrected chi connectivity index (χ3v) is 4.53. The minimum Gasteiger partial charge on any atom is -0.341 e. The van der Waals surface area contributed by atoms with Gasteiger partial charge in [0.1, 0.15) is 5.82 Å². The van der Waals surface area contributed by atoms with E-state index in [2.05, 4.69) is 10.4 Å². The summed E-state index contributed by atoms with van der Waals surface area (Å²) in [6, 6.07) is 6.23. The fourth-order valence-electron chi connectivity index (χ4n) is 3.12. The predicted molar refractivity (Wildman–Crippen MR) is 90.8 cm³/mol. The number of aromatic nitrogens is 2. The van der Waals surface area contributed by atoms with Crippen molar-refractivity contribution in [2.75, 3.05) is 26.2 Å². The molecule has 24 heavy (non-hydrogen) atoms. The van der Waals surface area contributed by atoms with Crippen molar-refractivity contribution in [3.8, 4) is 5.69 Å². The number of amides is 1. The van der Waals surface area contributed by atoms with Crippen molar-refractivity contribution >= 4 is 5.91 Å². The van der Waals surface area contributed by atoms with E-state index in [0.717, 1.165) is 55.2 Å². The van der Waals surface area contributed by atoms with E-state index in [-0.39, 0.29) is 11.7 Å². The van der Waals surface area contributed by atoms with Crippen LogP contribution in [0.2, 0.25) is 0 Å². The van der Waals surface area contributed by atoms with Gasteiger partial charge in [-0.15, -0.1) is 0 Å². The molecule has 2 aromatic rings. The van der Waals surface area contributed by atoms with Gasteiger partial charge in [-0.05, 0) is 51.1 Å². The quantitative estimate of drug-likeness (QED) is 0.936. The number of halogens is 1. The van der Waals surface area contributed by atoms with Gasteiger partial charge in [-0.1, -0.05) is 0 Å². The average Bonchev–Trinajstić information content (AvgIpc) is 2.78. The van der Waals surface area contributed by atoms with E-state index < -0.39 is 0 Å². The van der Waals surface area contributed by atoms with Crippen molar-refractivity contribution in [2.24, 2.45) is 0 Å². The van der Waals surface area contributed by atoms with E-state index in [1.807, 2.05) is 18.7 Å². The second-order valence-electron chi connectivity index (χ2n) is 6.20. The van der Waals surface area contributed by atoms with Crippen LogP contribution in [0.5, 0.6) is 0 Å². The molecule has 2 heterocycles.